The molecular formula is C21H18FN5O3. The molecule has 0 aliphatic carbocycles. The number of rotatable bonds is 4. The van der Waals surface area contributed by atoms with Gasteiger partial charge >= 0.3 is 0 Å². The van der Waals surface area contributed by atoms with E-state index < -0.39 is 5.82 Å². The summed E-state index contributed by atoms with van der Waals surface area (Å²) in [6.07, 6.45) is 1.51. The van der Waals surface area contributed by atoms with Gasteiger partial charge in [-0.05, 0) is 25.1 Å². The van der Waals surface area contributed by atoms with Crippen molar-refractivity contribution in [3.8, 4) is 11.1 Å². The molecule has 152 valence electrons. The Bertz CT molecular complexity index is 1240. The molecule has 9 heteroatoms. The molecule has 0 atom stereocenters. The number of carbonyl (C=O) groups is 1. The first-order valence-corrected chi connectivity index (χ1v) is 9.52. The van der Waals surface area contributed by atoms with Crippen LogP contribution in [0.5, 0.6) is 0 Å². The number of anilines is 3. The Hall–Kier alpha value is -3.59. The summed E-state index contributed by atoms with van der Waals surface area (Å²) in [5.74, 6) is 0.286. The average Bonchev–Trinajstić information content (AvgIpc) is 3.06. The summed E-state index contributed by atoms with van der Waals surface area (Å²) >= 11 is 0. The highest BCUT2D eigenvalue weighted by atomic mass is 19.1. The molecule has 2 aliphatic heterocycles. The second-order valence-electron chi connectivity index (χ2n) is 7.46. The van der Waals surface area contributed by atoms with Crippen LogP contribution in [0, 0.1) is 12.7 Å². The Morgan fingerprint density at radius 2 is 2.00 bits per heavy atom. The summed E-state index contributed by atoms with van der Waals surface area (Å²) in [7, 11) is 0. The van der Waals surface area contributed by atoms with Crippen LogP contribution in [0.1, 0.15) is 22.7 Å². The van der Waals surface area contributed by atoms with Gasteiger partial charge in [-0.15, -0.1) is 0 Å². The lowest BCUT2D eigenvalue weighted by Crippen LogP contribution is -2.29. The fourth-order valence-corrected chi connectivity index (χ4v) is 3.68. The van der Waals surface area contributed by atoms with Gasteiger partial charge in [0.1, 0.15) is 23.8 Å². The van der Waals surface area contributed by atoms with Crippen molar-refractivity contribution in [1.29, 1.82) is 0 Å². The van der Waals surface area contributed by atoms with E-state index in [2.05, 4.69) is 25.6 Å². The molecule has 0 spiro atoms. The van der Waals surface area contributed by atoms with E-state index in [1.807, 2.05) is 6.92 Å². The molecule has 1 amide bonds. The first-order chi connectivity index (χ1) is 14.5. The first kappa shape index (κ1) is 18.4. The SMILES string of the molecule is Cc1ccc(F)c(-c2cc(Nc3ncnc4c3CC(=O)N4)c(C3COC3)[nH]c2=O)c1. The number of hydrogen-bond acceptors (Lipinski definition) is 6. The summed E-state index contributed by atoms with van der Waals surface area (Å²) in [5, 5.41) is 5.91. The molecule has 0 radical (unpaired) electrons. The minimum atomic E-state index is -0.477. The van der Waals surface area contributed by atoms with Gasteiger partial charge in [-0.1, -0.05) is 11.6 Å². The summed E-state index contributed by atoms with van der Waals surface area (Å²) in [4.78, 5) is 35.8. The quantitative estimate of drug-likeness (QED) is 0.614. The van der Waals surface area contributed by atoms with Crippen molar-refractivity contribution in [3.63, 3.8) is 0 Å². The monoisotopic (exact) mass is 407 g/mol. The molecular weight excluding hydrogens is 389 g/mol. The summed E-state index contributed by atoms with van der Waals surface area (Å²) in [6.45, 7) is 2.79. The van der Waals surface area contributed by atoms with Crippen LogP contribution >= 0.6 is 0 Å². The molecule has 1 saturated heterocycles. The number of nitrogens with zero attached hydrogens (tertiary/aromatic N) is 2. The van der Waals surface area contributed by atoms with Crippen molar-refractivity contribution < 1.29 is 13.9 Å². The molecule has 1 aromatic carbocycles. The smallest absolute Gasteiger partial charge is 0.256 e. The first-order valence-electron chi connectivity index (χ1n) is 9.52. The summed E-state index contributed by atoms with van der Waals surface area (Å²) in [5.41, 5.74) is 2.79. The van der Waals surface area contributed by atoms with E-state index in [-0.39, 0.29) is 34.9 Å². The molecule has 0 bridgehead atoms. The van der Waals surface area contributed by atoms with Gasteiger partial charge in [0.05, 0.1) is 30.9 Å². The molecule has 8 nitrogen and oxygen atoms in total. The maximum absolute atomic E-state index is 14.5. The molecule has 0 saturated carbocycles. The number of H-pyrrole nitrogens is 1. The predicted molar refractivity (Wildman–Crippen MR) is 108 cm³/mol. The van der Waals surface area contributed by atoms with Gasteiger partial charge in [-0.25, -0.2) is 14.4 Å². The summed E-state index contributed by atoms with van der Waals surface area (Å²) in [6, 6.07) is 6.27. The van der Waals surface area contributed by atoms with E-state index in [0.29, 0.717) is 41.8 Å². The number of ether oxygens (including phenoxy) is 1. The minimum absolute atomic E-state index is 0.00579. The fraction of sp³-hybridized carbons (Fsp3) is 0.238. The Balaban J connectivity index is 1.64. The normalized spacial score (nSPS) is 15.5. The van der Waals surface area contributed by atoms with Gasteiger partial charge in [0.15, 0.2) is 0 Å². The zero-order valence-electron chi connectivity index (χ0n) is 16.1. The lowest BCUT2D eigenvalue weighted by Gasteiger charge is -2.28. The maximum Gasteiger partial charge on any atom is 0.256 e. The molecule has 2 aliphatic rings. The zero-order chi connectivity index (χ0) is 20.8. The van der Waals surface area contributed by atoms with Crippen molar-refractivity contribution in [3.05, 3.63) is 63.6 Å². The minimum Gasteiger partial charge on any atom is -0.380 e. The number of halogens is 1. The van der Waals surface area contributed by atoms with Gasteiger partial charge in [-0.3, -0.25) is 9.59 Å². The molecule has 3 N–H and O–H groups in total. The number of aromatic nitrogens is 3. The molecule has 30 heavy (non-hydrogen) atoms. The van der Waals surface area contributed by atoms with E-state index in [1.54, 1.807) is 18.2 Å². The van der Waals surface area contributed by atoms with Crippen LogP contribution in [0.4, 0.5) is 21.7 Å². The van der Waals surface area contributed by atoms with Gasteiger partial charge in [0, 0.05) is 22.7 Å². The zero-order valence-corrected chi connectivity index (χ0v) is 16.1. The van der Waals surface area contributed by atoms with E-state index in [4.69, 9.17) is 4.74 Å². The molecule has 1 fully saturated rings. The third kappa shape index (κ3) is 3.13. The number of hydrogen-bond donors (Lipinski definition) is 3. The second-order valence-corrected chi connectivity index (χ2v) is 7.46. The number of nitrogens with one attached hydrogen (secondary N) is 3. The van der Waals surface area contributed by atoms with Crippen molar-refractivity contribution in [1.82, 2.24) is 15.0 Å². The van der Waals surface area contributed by atoms with Crippen LogP contribution in [0.2, 0.25) is 0 Å². The van der Waals surface area contributed by atoms with Crippen molar-refractivity contribution in [2.75, 3.05) is 23.8 Å². The van der Waals surface area contributed by atoms with E-state index >= 15 is 0 Å². The largest absolute Gasteiger partial charge is 0.380 e. The Labute approximate surface area is 170 Å². The highest BCUT2D eigenvalue weighted by molar-refractivity contribution is 5.99. The lowest BCUT2D eigenvalue weighted by atomic mass is 9.98. The molecule has 2 aromatic heterocycles. The Morgan fingerprint density at radius 1 is 1.17 bits per heavy atom. The number of pyridine rings is 1. The fourth-order valence-electron chi connectivity index (χ4n) is 3.68. The van der Waals surface area contributed by atoms with Gasteiger partial charge in [0.25, 0.3) is 5.56 Å². The molecule has 5 rings (SSSR count). The maximum atomic E-state index is 14.5. The number of carbonyl (C=O) groups excluding carboxylic acids is 1. The highest BCUT2D eigenvalue weighted by Gasteiger charge is 2.28. The average molecular weight is 407 g/mol. The van der Waals surface area contributed by atoms with Gasteiger partial charge < -0.3 is 20.4 Å². The van der Waals surface area contributed by atoms with Crippen LogP contribution < -0.4 is 16.2 Å². The van der Waals surface area contributed by atoms with Crippen LogP contribution in [0.25, 0.3) is 11.1 Å². The number of aromatic amines is 1. The third-order valence-corrected chi connectivity index (χ3v) is 5.32. The molecule has 4 heterocycles. The van der Waals surface area contributed by atoms with Crippen LogP contribution in [0.3, 0.4) is 0 Å². The van der Waals surface area contributed by atoms with Crippen molar-refractivity contribution in [2.45, 2.75) is 19.3 Å². The van der Waals surface area contributed by atoms with E-state index in [0.717, 1.165) is 5.56 Å². The van der Waals surface area contributed by atoms with Crippen LogP contribution in [-0.2, 0) is 16.0 Å². The standard InChI is InChI=1S/C21H18FN5O3/c1-10-2-3-15(22)12(4-10)13-5-16(18(27-21(13)29)11-7-30-8-11)25-19-14-6-17(28)26-20(14)24-9-23-19/h2-5,9,11H,6-8H2,1H3,(H,27,29)(H2,23,24,25,26,28). The third-order valence-electron chi connectivity index (χ3n) is 5.32. The van der Waals surface area contributed by atoms with Crippen molar-refractivity contribution >= 4 is 23.2 Å². The number of amides is 1. The topological polar surface area (TPSA) is 109 Å². The number of aryl methyl sites for hydroxylation is 1. The van der Waals surface area contributed by atoms with Crippen LogP contribution in [-0.4, -0.2) is 34.1 Å². The summed E-state index contributed by atoms with van der Waals surface area (Å²) < 4.78 is 19.8. The Morgan fingerprint density at radius 3 is 2.77 bits per heavy atom. The molecule has 0 unspecified atom stereocenters. The molecule has 3 aromatic rings. The predicted octanol–water partition coefficient (Wildman–Crippen LogP) is 2.63. The van der Waals surface area contributed by atoms with Gasteiger partial charge in [0.2, 0.25) is 5.91 Å². The van der Waals surface area contributed by atoms with Gasteiger partial charge in [-0.2, -0.15) is 0 Å². The van der Waals surface area contributed by atoms with E-state index in [1.165, 1.54) is 12.4 Å². The number of fused-ring (bicyclic) bond motifs is 1. The van der Waals surface area contributed by atoms with Crippen LogP contribution in [0.15, 0.2) is 35.4 Å². The van der Waals surface area contributed by atoms with E-state index in [9.17, 15) is 14.0 Å². The Kier molecular flexibility index (Phi) is 4.32. The highest BCUT2D eigenvalue weighted by Crippen LogP contribution is 2.34. The second kappa shape index (κ2) is 7.03. The van der Waals surface area contributed by atoms with Crippen molar-refractivity contribution in [2.24, 2.45) is 0 Å². The number of benzene rings is 1. The lowest BCUT2D eigenvalue weighted by molar-refractivity contribution is -0.115.